The number of piperazine rings is 1. The monoisotopic (exact) mass is 345 g/mol. The number of hydrogen-bond donors (Lipinski definition) is 2. The molecule has 1 aromatic rings. The number of halogens is 3. The van der Waals surface area contributed by atoms with Crippen molar-refractivity contribution in [3.05, 3.63) is 29.8 Å². The molecule has 8 heteroatoms. The highest BCUT2D eigenvalue weighted by atomic mass is 19.4. The molecule has 1 aliphatic rings. The van der Waals surface area contributed by atoms with Gasteiger partial charge in [-0.2, -0.15) is 0 Å². The Hall–Kier alpha value is -1.80. The van der Waals surface area contributed by atoms with E-state index < -0.39 is 6.36 Å². The van der Waals surface area contributed by atoms with E-state index in [1.165, 1.54) is 24.3 Å². The van der Waals surface area contributed by atoms with E-state index in [0.29, 0.717) is 18.2 Å². The average Bonchev–Trinajstić information content (AvgIpc) is 2.48. The number of nitrogens with one attached hydrogen (secondary N) is 2. The van der Waals surface area contributed by atoms with Crippen molar-refractivity contribution in [1.82, 2.24) is 15.5 Å². The molecule has 1 saturated heterocycles. The summed E-state index contributed by atoms with van der Waals surface area (Å²) < 4.78 is 40.2. The van der Waals surface area contributed by atoms with Crippen LogP contribution in [0, 0.1) is 0 Å². The number of carbonyl (C=O) groups is 1. The first-order valence-corrected chi connectivity index (χ1v) is 7.84. The molecule has 0 spiro atoms. The van der Waals surface area contributed by atoms with Gasteiger partial charge >= 0.3 is 6.36 Å². The fourth-order valence-electron chi connectivity index (χ4n) is 2.63. The molecule has 0 aliphatic carbocycles. The van der Waals surface area contributed by atoms with Crippen LogP contribution in [0.15, 0.2) is 24.3 Å². The molecule has 1 aromatic carbocycles. The van der Waals surface area contributed by atoms with Gasteiger partial charge in [-0.05, 0) is 31.5 Å². The van der Waals surface area contributed by atoms with Crippen molar-refractivity contribution >= 4 is 5.91 Å². The van der Waals surface area contributed by atoms with Crippen LogP contribution < -0.4 is 15.4 Å². The van der Waals surface area contributed by atoms with Crippen LogP contribution in [-0.4, -0.2) is 49.4 Å². The second-order valence-corrected chi connectivity index (χ2v) is 5.93. The van der Waals surface area contributed by atoms with E-state index in [4.69, 9.17) is 0 Å². The number of hydrogen-bond acceptors (Lipinski definition) is 4. The molecule has 1 heterocycles. The van der Waals surface area contributed by atoms with Crippen LogP contribution in [0.5, 0.6) is 5.75 Å². The molecule has 1 aliphatic heterocycles. The number of amides is 1. The summed E-state index contributed by atoms with van der Waals surface area (Å²) in [5, 5.41) is 6.13. The highest BCUT2D eigenvalue weighted by Gasteiger charge is 2.31. The summed E-state index contributed by atoms with van der Waals surface area (Å²) in [5.74, 6) is -0.383. The van der Waals surface area contributed by atoms with Crippen LogP contribution in [0.2, 0.25) is 0 Å². The first-order chi connectivity index (χ1) is 11.2. The minimum atomic E-state index is -4.71. The van der Waals surface area contributed by atoms with E-state index >= 15 is 0 Å². The summed E-state index contributed by atoms with van der Waals surface area (Å²) in [5.41, 5.74) is 0.714. The molecule has 0 saturated carbocycles. The van der Waals surface area contributed by atoms with Gasteiger partial charge in [-0.25, -0.2) is 0 Å². The van der Waals surface area contributed by atoms with Gasteiger partial charge in [0.15, 0.2) is 0 Å². The van der Waals surface area contributed by atoms with Gasteiger partial charge in [0.25, 0.3) is 0 Å². The molecule has 134 valence electrons. The van der Waals surface area contributed by atoms with E-state index in [1.54, 1.807) is 6.92 Å². The molecule has 1 amide bonds. The SMILES string of the molecule is CC(NC(=O)CN1CCNC[C@H]1C)c1ccc(OC(F)(F)F)cc1. The van der Waals surface area contributed by atoms with Crippen LogP contribution in [-0.2, 0) is 4.79 Å². The van der Waals surface area contributed by atoms with Gasteiger partial charge in [-0.15, -0.1) is 13.2 Å². The molecule has 2 N–H and O–H groups in total. The Kier molecular flexibility index (Phi) is 6.06. The molecular weight excluding hydrogens is 323 g/mol. The van der Waals surface area contributed by atoms with Gasteiger partial charge in [0.2, 0.25) is 5.91 Å². The molecular formula is C16H22F3N3O2. The van der Waals surface area contributed by atoms with Gasteiger partial charge in [0, 0.05) is 25.7 Å². The largest absolute Gasteiger partial charge is 0.573 e. The Labute approximate surface area is 139 Å². The van der Waals surface area contributed by atoms with Crippen LogP contribution >= 0.6 is 0 Å². The molecule has 1 fully saturated rings. The van der Waals surface area contributed by atoms with Gasteiger partial charge in [0.1, 0.15) is 5.75 Å². The zero-order chi connectivity index (χ0) is 17.7. The zero-order valence-electron chi connectivity index (χ0n) is 13.7. The maximum absolute atomic E-state index is 12.1. The summed E-state index contributed by atoms with van der Waals surface area (Å²) in [4.78, 5) is 14.2. The van der Waals surface area contributed by atoms with E-state index in [9.17, 15) is 18.0 Å². The average molecular weight is 345 g/mol. The third-order valence-electron chi connectivity index (χ3n) is 3.98. The Morgan fingerprint density at radius 1 is 1.42 bits per heavy atom. The van der Waals surface area contributed by atoms with Crippen molar-refractivity contribution in [2.75, 3.05) is 26.2 Å². The van der Waals surface area contributed by atoms with Crippen LogP contribution in [0.25, 0.3) is 0 Å². The van der Waals surface area contributed by atoms with Gasteiger partial charge in [0.05, 0.1) is 12.6 Å². The fourth-order valence-corrected chi connectivity index (χ4v) is 2.63. The molecule has 0 radical (unpaired) electrons. The lowest BCUT2D eigenvalue weighted by atomic mass is 10.1. The van der Waals surface area contributed by atoms with E-state index in [2.05, 4.69) is 27.2 Å². The smallest absolute Gasteiger partial charge is 0.406 e. The first-order valence-electron chi connectivity index (χ1n) is 7.84. The van der Waals surface area contributed by atoms with Crippen LogP contribution in [0.4, 0.5) is 13.2 Å². The molecule has 5 nitrogen and oxygen atoms in total. The molecule has 0 bridgehead atoms. The standard InChI is InChI=1S/C16H22F3N3O2/c1-11-9-20-7-8-22(11)10-15(23)21-12(2)13-3-5-14(6-4-13)24-16(17,18)19/h3-6,11-12,20H,7-10H2,1-2H3,(H,21,23)/t11-,12?/m1/s1. The normalized spacial score (nSPS) is 20.5. The van der Waals surface area contributed by atoms with Gasteiger partial charge in [-0.3, -0.25) is 9.69 Å². The van der Waals surface area contributed by atoms with E-state index in [1.807, 2.05) is 0 Å². The number of nitrogens with zero attached hydrogens (tertiary/aromatic N) is 1. The predicted octanol–water partition coefficient (Wildman–Crippen LogP) is 2.06. The van der Waals surface area contributed by atoms with Gasteiger partial charge in [-0.1, -0.05) is 12.1 Å². The predicted molar refractivity (Wildman–Crippen MR) is 83.6 cm³/mol. The third kappa shape index (κ3) is 5.68. The number of alkyl halides is 3. The molecule has 1 unspecified atom stereocenters. The Balaban J connectivity index is 1.87. The second-order valence-electron chi connectivity index (χ2n) is 5.93. The zero-order valence-corrected chi connectivity index (χ0v) is 13.7. The number of rotatable bonds is 5. The minimum Gasteiger partial charge on any atom is -0.406 e. The summed E-state index contributed by atoms with van der Waals surface area (Å²) in [6.07, 6.45) is -4.71. The van der Waals surface area contributed by atoms with Crippen molar-refractivity contribution in [3.8, 4) is 5.75 Å². The van der Waals surface area contributed by atoms with Crippen molar-refractivity contribution in [3.63, 3.8) is 0 Å². The molecule has 24 heavy (non-hydrogen) atoms. The summed E-state index contributed by atoms with van der Waals surface area (Å²) in [7, 11) is 0. The summed E-state index contributed by atoms with van der Waals surface area (Å²) in [6.45, 7) is 6.67. The maximum Gasteiger partial charge on any atom is 0.573 e. The van der Waals surface area contributed by atoms with Crippen molar-refractivity contribution in [2.24, 2.45) is 0 Å². The minimum absolute atomic E-state index is 0.105. The Bertz CT molecular complexity index is 548. The van der Waals surface area contributed by atoms with Crippen LogP contribution in [0.1, 0.15) is 25.5 Å². The van der Waals surface area contributed by atoms with Crippen molar-refractivity contribution in [2.45, 2.75) is 32.3 Å². The lowest BCUT2D eigenvalue weighted by Crippen LogP contribution is -2.52. The summed E-state index contributed by atoms with van der Waals surface area (Å²) >= 11 is 0. The van der Waals surface area contributed by atoms with Crippen molar-refractivity contribution in [1.29, 1.82) is 0 Å². The quantitative estimate of drug-likeness (QED) is 0.858. The summed E-state index contributed by atoms with van der Waals surface area (Å²) in [6, 6.07) is 5.50. The number of ether oxygens (including phenoxy) is 1. The number of carbonyl (C=O) groups excluding carboxylic acids is 1. The topological polar surface area (TPSA) is 53.6 Å². The van der Waals surface area contributed by atoms with Crippen molar-refractivity contribution < 1.29 is 22.7 Å². The molecule has 2 rings (SSSR count). The van der Waals surface area contributed by atoms with Gasteiger partial charge < -0.3 is 15.4 Å². The Morgan fingerprint density at radius 2 is 2.08 bits per heavy atom. The first kappa shape index (κ1) is 18.5. The third-order valence-corrected chi connectivity index (χ3v) is 3.98. The van der Waals surface area contributed by atoms with E-state index in [-0.39, 0.29) is 17.7 Å². The molecule has 2 atom stereocenters. The second kappa shape index (κ2) is 7.85. The van der Waals surface area contributed by atoms with Crippen LogP contribution in [0.3, 0.4) is 0 Å². The highest BCUT2D eigenvalue weighted by molar-refractivity contribution is 5.78. The lowest BCUT2D eigenvalue weighted by molar-refractivity contribution is -0.274. The fraction of sp³-hybridized carbons (Fsp3) is 0.562. The maximum atomic E-state index is 12.1. The highest BCUT2D eigenvalue weighted by Crippen LogP contribution is 2.24. The Morgan fingerprint density at radius 3 is 2.67 bits per heavy atom. The lowest BCUT2D eigenvalue weighted by Gasteiger charge is -2.33. The molecule has 0 aromatic heterocycles. The van der Waals surface area contributed by atoms with E-state index in [0.717, 1.165) is 19.6 Å². The number of benzene rings is 1.